The molecule has 0 fully saturated rings. The van der Waals surface area contributed by atoms with Gasteiger partial charge in [0.15, 0.2) is 0 Å². The fraction of sp³-hybridized carbons (Fsp3) is 0.190. The van der Waals surface area contributed by atoms with Crippen molar-refractivity contribution in [2.24, 2.45) is 0 Å². The summed E-state index contributed by atoms with van der Waals surface area (Å²) in [5, 5.41) is 9.59. The Balaban J connectivity index is 1.56. The zero-order valence-electron chi connectivity index (χ0n) is 15.5. The molecule has 6 nitrogen and oxygen atoms in total. The quantitative estimate of drug-likeness (QED) is 0.729. The third-order valence-electron chi connectivity index (χ3n) is 4.77. The number of aromatic nitrogens is 2. The summed E-state index contributed by atoms with van der Waals surface area (Å²) in [5.74, 6) is -1.39. The largest absolute Gasteiger partial charge is 0.326 e. The summed E-state index contributed by atoms with van der Waals surface area (Å²) in [6.45, 7) is 4.01. The molecule has 7 heteroatoms. The second kappa shape index (κ2) is 6.92. The van der Waals surface area contributed by atoms with Crippen molar-refractivity contribution in [3.05, 3.63) is 70.8 Å². The van der Waals surface area contributed by atoms with Gasteiger partial charge in [-0.15, -0.1) is 0 Å². The van der Waals surface area contributed by atoms with Gasteiger partial charge in [-0.3, -0.25) is 9.59 Å². The highest BCUT2D eigenvalue weighted by atomic mass is 19.1. The summed E-state index contributed by atoms with van der Waals surface area (Å²) < 4.78 is 16.1. The highest BCUT2D eigenvalue weighted by Gasteiger charge is 2.21. The molecule has 1 aliphatic heterocycles. The van der Waals surface area contributed by atoms with Crippen LogP contribution in [-0.2, 0) is 11.2 Å². The molecule has 28 heavy (non-hydrogen) atoms. The van der Waals surface area contributed by atoms with Crippen molar-refractivity contribution in [1.82, 2.24) is 9.78 Å². The molecule has 3 aromatic rings. The molecule has 0 atom stereocenters. The van der Waals surface area contributed by atoms with E-state index in [1.165, 1.54) is 18.3 Å². The lowest BCUT2D eigenvalue weighted by Gasteiger charge is -2.18. The Kier molecular flexibility index (Phi) is 4.43. The average Bonchev–Trinajstić information content (AvgIpc) is 3.09. The number of hydrogen-bond acceptors (Lipinski definition) is 3. The number of hydrogen-bond donors (Lipinski definition) is 2. The normalized spacial score (nSPS) is 13.0. The molecule has 0 radical (unpaired) electrons. The van der Waals surface area contributed by atoms with Gasteiger partial charge in [-0.2, -0.15) is 5.10 Å². The molecule has 0 saturated heterocycles. The number of anilines is 2. The summed E-state index contributed by atoms with van der Waals surface area (Å²) in [6.07, 6.45) is 4.01. The first kappa shape index (κ1) is 17.9. The standard InChI is InChI=1S/C21H19FN4O2/c1-12-3-5-19(13(2)7-12)26-11-15(10-23-26)24-21(28)16-8-14-4-6-20(27)25-18(14)9-17(16)22/h3,5,7-11H,4,6H2,1-2H3,(H,24,28)(H,25,27). The topological polar surface area (TPSA) is 76.0 Å². The highest BCUT2D eigenvalue weighted by molar-refractivity contribution is 6.05. The van der Waals surface area contributed by atoms with Crippen molar-refractivity contribution in [3.8, 4) is 5.69 Å². The number of nitrogens with zero attached hydrogens (tertiary/aromatic N) is 2. The van der Waals surface area contributed by atoms with Crippen LogP contribution in [-0.4, -0.2) is 21.6 Å². The fourth-order valence-electron chi connectivity index (χ4n) is 3.36. The zero-order chi connectivity index (χ0) is 19.8. The van der Waals surface area contributed by atoms with E-state index in [1.807, 2.05) is 26.0 Å². The Labute approximate surface area is 161 Å². The number of aryl methyl sites for hydroxylation is 3. The second-order valence-corrected chi connectivity index (χ2v) is 6.96. The van der Waals surface area contributed by atoms with E-state index in [2.05, 4.69) is 21.8 Å². The van der Waals surface area contributed by atoms with E-state index in [-0.39, 0.29) is 11.5 Å². The van der Waals surface area contributed by atoms with Crippen molar-refractivity contribution in [1.29, 1.82) is 0 Å². The molecular formula is C21H19FN4O2. The van der Waals surface area contributed by atoms with Crippen LogP contribution in [0.5, 0.6) is 0 Å². The molecule has 0 bridgehead atoms. The van der Waals surface area contributed by atoms with E-state index in [1.54, 1.807) is 10.9 Å². The van der Waals surface area contributed by atoms with Crippen LogP contribution in [0.4, 0.5) is 15.8 Å². The molecule has 2 N–H and O–H groups in total. The summed E-state index contributed by atoms with van der Waals surface area (Å²) >= 11 is 0. The minimum atomic E-state index is -0.680. The van der Waals surface area contributed by atoms with Crippen LogP contribution in [0, 0.1) is 19.7 Å². The van der Waals surface area contributed by atoms with Crippen LogP contribution in [0.1, 0.15) is 33.5 Å². The van der Waals surface area contributed by atoms with Crippen LogP contribution in [0.3, 0.4) is 0 Å². The van der Waals surface area contributed by atoms with E-state index >= 15 is 0 Å². The molecule has 142 valence electrons. The van der Waals surface area contributed by atoms with Gasteiger partial charge in [0.05, 0.1) is 29.3 Å². The first-order valence-electron chi connectivity index (χ1n) is 8.96. The first-order chi connectivity index (χ1) is 13.4. The SMILES string of the molecule is Cc1ccc(-n2cc(NC(=O)c3cc4c(cc3F)NC(=O)CC4)cn2)c(C)c1. The first-order valence-corrected chi connectivity index (χ1v) is 8.96. The third-order valence-corrected chi connectivity index (χ3v) is 4.77. The summed E-state index contributed by atoms with van der Waals surface area (Å²) in [7, 11) is 0. The molecule has 0 saturated carbocycles. The van der Waals surface area contributed by atoms with Gasteiger partial charge in [-0.25, -0.2) is 9.07 Å². The Morgan fingerprint density at radius 3 is 2.82 bits per heavy atom. The van der Waals surface area contributed by atoms with Crippen LogP contribution < -0.4 is 10.6 Å². The van der Waals surface area contributed by atoms with E-state index < -0.39 is 11.7 Å². The summed E-state index contributed by atoms with van der Waals surface area (Å²) in [6, 6.07) is 8.69. The smallest absolute Gasteiger partial charge is 0.258 e. The van der Waals surface area contributed by atoms with Crippen LogP contribution in [0.2, 0.25) is 0 Å². The molecule has 2 amide bonds. The Hall–Kier alpha value is -3.48. The van der Waals surface area contributed by atoms with Crippen molar-refractivity contribution in [2.45, 2.75) is 26.7 Å². The molecule has 4 rings (SSSR count). The number of amides is 2. The average molecular weight is 378 g/mol. The number of carbonyl (C=O) groups excluding carboxylic acids is 2. The number of nitrogens with one attached hydrogen (secondary N) is 2. The second-order valence-electron chi connectivity index (χ2n) is 6.96. The number of carbonyl (C=O) groups is 2. The van der Waals surface area contributed by atoms with E-state index in [0.29, 0.717) is 24.2 Å². The maximum atomic E-state index is 14.4. The fourth-order valence-corrected chi connectivity index (χ4v) is 3.36. The van der Waals surface area contributed by atoms with Crippen molar-refractivity contribution < 1.29 is 14.0 Å². The predicted molar refractivity (Wildman–Crippen MR) is 104 cm³/mol. The van der Waals surface area contributed by atoms with Crippen LogP contribution >= 0.6 is 0 Å². The lowest BCUT2D eigenvalue weighted by Crippen LogP contribution is -2.21. The maximum absolute atomic E-state index is 14.4. The maximum Gasteiger partial charge on any atom is 0.258 e. The summed E-state index contributed by atoms with van der Waals surface area (Å²) in [5.41, 5.74) is 4.70. The molecule has 0 aliphatic carbocycles. The van der Waals surface area contributed by atoms with Crippen molar-refractivity contribution >= 4 is 23.2 Å². The van der Waals surface area contributed by atoms with Crippen molar-refractivity contribution in [2.75, 3.05) is 10.6 Å². The van der Waals surface area contributed by atoms with Crippen molar-refractivity contribution in [3.63, 3.8) is 0 Å². The van der Waals surface area contributed by atoms with Gasteiger partial charge in [0.25, 0.3) is 5.91 Å². The number of rotatable bonds is 3. The predicted octanol–water partition coefficient (Wildman–Crippen LogP) is 3.77. The Bertz CT molecular complexity index is 1100. The molecule has 1 aliphatic rings. The number of fused-ring (bicyclic) bond motifs is 1. The molecule has 2 aromatic carbocycles. The summed E-state index contributed by atoms with van der Waals surface area (Å²) in [4.78, 5) is 24.0. The number of halogens is 1. The van der Waals surface area contributed by atoms with E-state index in [0.717, 1.165) is 22.4 Å². The van der Waals surface area contributed by atoms with Gasteiger partial charge >= 0.3 is 0 Å². The number of benzene rings is 2. The molecular weight excluding hydrogens is 359 g/mol. The minimum absolute atomic E-state index is 0.0610. The van der Waals surface area contributed by atoms with Gasteiger partial charge in [-0.1, -0.05) is 17.7 Å². The zero-order valence-corrected chi connectivity index (χ0v) is 15.5. The Morgan fingerprint density at radius 1 is 1.21 bits per heavy atom. The molecule has 2 heterocycles. The molecule has 1 aromatic heterocycles. The monoisotopic (exact) mass is 378 g/mol. The highest BCUT2D eigenvalue weighted by Crippen LogP contribution is 2.26. The lowest BCUT2D eigenvalue weighted by molar-refractivity contribution is -0.116. The Morgan fingerprint density at radius 2 is 2.04 bits per heavy atom. The van der Waals surface area contributed by atoms with Gasteiger partial charge < -0.3 is 10.6 Å². The third kappa shape index (κ3) is 3.38. The minimum Gasteiger partial charge on any atom is -0.326 e. The van der Waals surface area contributed by atoms with Crippen LogP contribution in [0.15, 0.2) is 42.7 Å². The van der Waals surface area contributed by atoms with Gasteiger partial charge in [0.2, 0.25) is 5.91 Å². The van der Waals surface area contributed by atoms with Crippen LogP contribution in [0.25, 0.3) is 5.69 Å². The molecule has 0 spiro atoms. The van der Waals surface area contributed by atoms with E-state index in [9.17, 15) is 14.0 Å². The lowest BCUT2D eigenvalue weighted by atomic mass is 9.99. The van der Waals surface area contributed by atoms with Gasteiger partial charge in [-0.05, 0) is 49.6 Å². The van der Waals surface area contributed by atoms with Gasteiger partial charge in [0, 0.05) is 12.1 Å². The molecule has 0 unspecified atom stereocenters. The van der Waals surface area contributed by atoms with Gasteiger partial charge in [0.1, 0.15) is 5.82 Å². The van der Waals surface area contributed by atoms with E-state index in [4.69, 9.17) is 0 Å².